The van der Waals surface area contributed by atoms with Crippen molar-refractivity contribution in [1.29, 1.82) is 0 Å². The second-order valence-corrected chi connectivity index (χ2v) is 10.4. The van der Waals surface area contributed by atoms with Crippen molar-refractivity contribution in [3.05, 3.63) is 12.2 Å². The molecule has 0 nitrogen and oxygen atoms in total. The van der Waals surface area contributed by atoms with E-state index in [2.05, 4.69) is 31.8 Å². The summed E-state index contributed by atoms with van der Waals surface area (Å²) in [5.74, 6) is 0.926. The van der Waals surface area contributed by atoms with E-state index in [9.17, 15) is 0 Å². The fourth-order valence-electron chi connectivity index (χ4n) is 1.84. The zero-order valence-electron chi connectivity index (χ0n) is 8.06. The van der Waals surface area contributed by atoms with Crippen molar-refractivity contribution < 1.29 is 0 Å². The fourth-order valence-corrected chi connectivity index (χ4v) is 3.75. The van der Waals surface area contributed by atoms with Crippen molar-refractivity contribution in [3.63, 3.8) is 0 Å². The van der Waals surface area contributed by atoms with E-state index in [1.807, 2.05) is 0 Å². The Morgan fingerprint density at radius 1 is 1.36 bits per heavy atom. The lowest BCUT2D eigenvalue weighted by Gasteiger charge is -2.23. The van der Waals surface area contributed by atoms with E-state index >= 15 is 0 Å². The smallest absolute Gasteiger partial charge is 0.0448 e. The minimum absolute atomic E-state index is 0.796. The first kappa shape index (κ1) is 9.05. The van der Waals surface area contributed by atoms with E-state index in [1.165, 1.54) is 25.3 Å². The zero-order valence-corrected chi connectivity index (χ0v) is 9.06. The van der Waals surface area contributed by atoms with E-state index in [4.69, 9.17) is 0 Å². The van der Waals surface area contributed by atoms with Gasteiger partial charge in [-0.2, -0.15) is 0 Å². The molecule has 0 aromatic rings. The molecular weight excluding hydrogens is 148 g/mol. The first-order valence-corrected chi connectivity index (χ1v) is 8.45. The molecule has 1 aliphatic carbocycles. The maximum absolute atomic E-state index is 2.47. The summed E-state index contributed by atoms with van der Waals surface area (Å²) in [6.45, 7) is 7.40. The van der Waals surface area contributed by atoms with Crippen molar-refractivity contribution in [2.24, 2.45) is 5.92 Å². The molecule has 0 amide bonds. The summed E-state index contributed by atoms with van der Waals surface area (Å²) in [4.78, 5) is 0. The Hall–Kier alpha value is -0.0431. The van der Waals surface area contributed by atoms with Gasteiger partial charge in [-0.25, -0.2) is 0 Å². The molecule has 0 fully saturated rings. The Bertz CT molecular complexity index is 141. The number of allylic oxidation sites excluding steroid dienone is 2. The first-order valence-electron chi connectivity index (χ1n) is 4.74. The van der Waals surface area contributed by atoms with Crippen molar-refractivity contribution in [1.82, 2.24) is 0 Å². The zero-order chi connectivity index (χ0) is 8.32. The van der Waals surface area contributed by atoms with Crippen molar-refractivity contribution >= 4 is 8.07 Å². The molecule has 0 saturated heterocycles. The molecule has 0 aromatic heterocycles. The summed E-state index contributed by atoms with van der Waals surface area (Å²) >= 11 is 0. The Balaban J connectivity index is 2.36. The molecule has 1 atom stereocenters. The van der Waals surface area contributed by atoms with E-state index in [0.717, 1.165) is 5.92 Å². The Morgan fingerprint density at radius 3 is 2.55 bits per heavy atom. The minimum atomic E-state index is -0.796. The predicted octanol–water partition coefficient (Wildman–Crippen LogP) is 3.68. The molecule has 64 valence electrons. The van der Waals surface area contributed by atoms with Gasteiger partial charge in [0.15, 0.2) is 0 Å². The van der Waals surface area contributed by atoms with Crippen LogP contribution in [0.3, 0.4) is 0 Å². The highest BCUT2D eigenvalue weighted by molar-refractivity contribution is 6.76. The topological polar surface area (TPSA) is 0 Å². The quantitative estimate of drug-likeness (QED) is 0.436. The van der Waals surface area contributed by atoms with Gasteiger partial charge < -0.3 is 0 Å². The molecule has 1 rings (SSSR count). The van der Waals surface area contributed by atoms with Crippen LogP contribution in [0.5, 0.6) is 0 Å². The average molecular weight is 168 g/mol. The van der Waals surface area contributed by atoms with Crippen molar-refractivity contribution in [3.8, 4) is 0 Å². The minimum Gasteiger partial charge on any atom is -0.0883 e. The van der Waals surface area contributed by atoms with Gasteiger partial charge in [0.1, 0.15) is 0 Å². The van der Waals surface area contributed by atoms with Crippen molar-refractivity contribution in [2.45, 2.75) is 44.9 Å². The highest BCUT2D eigenvalue weighted by Gasteiger charge is 2.19. The third kappa shape index (κ3) is 3.75. The maximum atomic E-state index is 2.47. The Morgan fingerprint density at radius 2 is 2.09 bits per heavy atom. The van der Waals surface area contributed by atoms with Crippen LogP contribution in [0.25, 0.3) is 0 Å². The standard InChI is InChI=1S/C10H20Si/c1-11(2,3)9-10-7-5-4-6-8-10/h5,7,10H,4,6,8-9H2,1-3H3. The molecule has 1 unspecified atom stereocenters. The molecular formula is C10H20Si. The van der Waals surface area contributed by atoms with Gasteiger partial charge in [-0.05, 0) is 25.2 Å². The van der Waals surface area contributed by atoms with Gasteiger partial charge in [-0.1, -0.05) is 37.8 Å². The van der Waals surface area contributed by atoms with E-state index < -0.39 is 8.07 Å². The van der Waals surface area contributed by atoms with Gasteiger partial charge in [0.2, 0.25) is 0 Å². The second kappa shape index (κ2) is 3.57. The highest BCUT2D eigenvalue weighted by atomic mass is 28.3. The van der Waals surface area contributed by atoms with Gasteiger partial charge in [-0.3, -0.25) is 0 Å². The summed E-state index contributed by atoms with van der Waals surface area (Å²) in [5.41, 5.74) is 0. The third-order valence-corrected chi connectivity index (χ3v) is 3.98. The second-order valence-electron chi connectivity index (χ2n) is 4.88. The van der Waals surface area contributed by atoms with E-state index in [-0.39, 0.29) is 0 Å². The van der Waals surface area contributed by atoms with Crippen LogP contribution in [0.15, 0.2) is 12.2 Å². The summed E-state index contributed by atoms with van der Waals surface area (Å²) in [6, 6.07) is 1.49. The molecule has 1 heteroatoms. The SMILES string of the molecule is C[Si](C)(C)CC1C=CCCC1. The Labute approximate surface area is 71.7 Å². The lowest BCUT2D eigenvalue weighted by Crippen LogP contribution is -2.23. The number of hydrogen-bond acceptors (Lipinski definition) is 0. The molecule has 0 aliphatic heterocycles. The fraction of sp³-hybridized carbons (Fsp3) is 0.800. The molecule has 11 heavy (non-hydrogen) atoms. The summed E-state index contributed by atoms with van der Waals surface area (Å²) in [6.07, 6.45) is 9.00. The van der Waals surface area contributed by atoms with Gasteiger partial charge in [0, 0.05) is 8.07 Å². The van der Waals surface area contributed by atoms with Crippen LogP contribution in [0.1, 0.15) is 19.3 Å². The predicted molar refractivity (Wildman–Crippen MR) is 54.6 cm³/mol. The normalized spacial score (nSPS) is 25.5. The summed E-state index contributed by atoms with van der Waals surface area (Å²) in [5, 5.41) is 0. The van der Waals surface area contributed by atoms with Crippen molar-refractivity contribution in [2.75, 3.05) is 0 Å². The molecule has 1 aliphatic rings. The highest BCUT2D eigenvalue weighted by Crippen LogP contribution is 2.25. The lowest BCUT2D eigenvalue weighted by molar-refractivity contribution is 0.578. The molecule has 0 heterocycles. The van der Waals surface area contributed by atoms with Crippen LogP contribution in [0.4, 0.5) is 0 Å². The number of hydrogen-bond donors (Lipinski definition) is 0. The van der Waals surface area contributed by atoms with Crippen LogP contribution in [0.2, 0.25) is 25.7 Å². The third-order valence-electron chi connectivity index (χ3n) is 2.23. The van der Waals surface area contributed by atoms with E-state index in [0.29, 0.717) is 0 Å². The molecule has 0 radical (unpaired) electrons. The molecule has 0 saturated carbocycles. The molecule has 0 spiro atoms. The monoisotopic (exact) mass is 168 g/mol. The van der Waals surface area contributed by atoms with Crippen LogP contribution < -0.4 is 0 Å². The molecule has 0 bridgehead atoms. The first-order chi connectivity index (χ1) is 5.08. The summed E-state index contributed by atoms with van der Waals surface area (Å²) in [7, 11) is -0.796. The lowest BCUT2D eigenvalue weighted by atomic mass is 9.98. The van der Waals surface area contributed by atoms with Gasteiger partial charge in [0.05, 0.1) is 0 Å². The Kier molecular flexibility index (Phi) is 2.94. The molecule has 0 N–H and O–H groups in total. The summed E-state index contributed by atoms with van der Waals surface area (Å²) < 4.78 is 0. The average Bonchev–Trinajstić information content (AvgIpc) is 1.85. The maximum Gasteiger partial charge on any atom is 0.0448 e. The van der Waals surface area contributed by atoms with Crippen LogP contribution in [-0.4, -0.2) is 8.07 Å². The van der Waals surface area contributed by atoms with E-state index in [1.54, 1.807) is 0 Å². The van der Waals surface area contributed by atoms with Crippen LogP contribution in [-0.2, 0) is 0 Å². The molecule has 0 aromatic carbocycles. The number of rotatable bonds is 2. The van der Waals surface area contributed by atoms with Gasteiger partial charge in [-0.15, -0.1) is 0 Å². The van der Waals surface area contributed by atoms with Gasteiger partial charge in [0.25, 0.3) is 0 Å². The van der Waals surface area contributed by atoms with Crippen LogP contribution >= 0.6 is 0 Å². The van der Waals surface area contributed by atoms with Gasteiger partial charge >= 0.3 is 0 Å². The van der Waals surface area contributed by atoms with Crippen LogP contribution in [0, 0.1) is 5.92 Å². The largest absolute Gasteiger partial charge is 0.0883 e.